The molecule has 2 rings (SSSR count). The molecule has 0 aliphatic heterocycles. The van der Waals surface area contributed by atoms with Crippen LogP contribution >= 0.6 is 11.5 Å². The van der Waals surface area contributed by atoms with E-state index in [-0.39, 0.29) is 5.69 Å². The SMILES string of the molecule is CCn1c(=O)n(C)s/c1=N\c1ccccn1. The summed E-state index contributed by atoms with van der Waals surface area (Å²) < 4.78 is 3.19. The molecule has 0 radical (unpaired) electrons. The van der Waals surface area contributed by atoms with Crippen LogP contribution in [0.15, 0.2) is 34.2 Å². The fourth-order valence-electron chi connectivity index (χ4n) is 1.33. The predicted molar refractivity (Wildman–Crippen MR) is 62.7 cm³/mol. The molecule has 0 N–H and O–H groups in total. The van der Waals surface area contributed by atoms with Gasteiger partial charge in [-0.15, -0.1) is 0 Å². The van der Waals surface area contributed by atoms with Crippen molar-refractivity contribution in [3.8, 4) is 0 Å². The first kappa shape index (κ1) is 10.8. The molecule has 0 amide bonds. The largest absolute Gasteiger partial charge is 0.339 e. The maximum absolute atomic E-state index is 11.7. The average Bonchev–Trinajstić information content (AvgIpc) is 2.56. The average molecular weight is 236 g/mol. The molecular weight excluding hydrogens is 224 g/mol. The van der Waals surface area contributed by atoms with Gasteiger partial charge >= 0.3 is 5.69 Å². The van der Waals surface area contributed by atoms with Crippen LogP contribution < -0.4 is 10.5 Å². The van der Waals surface area contributed by atoms with Crippen LogP contribution in [0.1, 0.15) is 6.92 Å². The van der Waals surface area contributed by atoms with Gasteiger partial charge < -0.3 is 0 Å². The predicted octanol–water partition coefficient (Wildman–Crippen LogP) is 0.896. The third-order valence-electron chi connectivity index (χ3n) is 2.13. The van der Waals surface area contributed by atoms with Gasteiger partial charge in [-0.25, -0.2) is 13.7 Å². The molecule has 0 spiro atoms. The summed E-state index contributed by atoms with van der Waals surface area (Å²) in [6.45, 7) is 2.54. The quantitative estimate of drug-likeness (QED) is 0.777. The standard InChI is InChI=1S/C10H12N4OS/c1-3-14-9(16-13(2)10(14)15)12-8-6-4-5-7-11-8/h4-7H,3H2,1-2H3/b12-9-. The first-order valence-corrected chi connectivity index (χ1v) is 5.72. The van der Waals surface area contributed by atoms with Crippen LogP contribution in [0.3, 0.4) is 0 Å². The molecule has 2 heterocycles. The molecule has 0 fully saturated rings. The normalized spacial score (nSPS) is 12.0. The molecule has 6 heteroatoms. The second-order valence-electron chi connectivity index (χ2n) is 3.20. The molecule has 0 saturated carbocycles. The van der Waals surface area contributed by atoms with Gasteiger partial charge in [-0.05, 0) is 30.6 Å². The van der Waals surface area contributed by atoms with Crippen molar-refractivity contribution < 1.29 is 0 Å². The van der Waals surface area contributed by atoms with E-state index in [9.17, 15) is 4.79 Å². The van der Waals surface area contributed by atoms with Crippen molar-refractivity contribution >= 4 is 17.4 Å². The number of hydrogen-bond donors (Lipinski definition) is 0. The Kier molecular flexibility index (Phi) is 3.00. The Hall–Kier alpha value is -1.69. The van der Waals surface area contributed by atoms with Crippen molar-refractivity contribution in [2.75, 3.05) is 0 Å². The Morgan fingerprint density at radius 2 is 2.31 bits per heavy atom. The van der Waals surface area contributed by atoms with Gasteiger partial charge in [0, 0.05) is 19.8 Å². The fraction of sp³-hybridized carbons (Fsp3) is 0.300. The molecule has 2 aromatic heterocycles. The first-order chi connectivity index (χ1) is 7.72. The van der Waals surface area contributed by atoms with E-state index in [2.05, 4.69) is 9.98 Å². The zero-order valence-corrected chi connectivity index (χ0v) is 9.94. The molecular formula is C10H12N4OS. The second kappa shape index (κ2) is 4.44. The lowest BCUT2D eigenvalue weighted by atomic mass is 10.5. The molecule has 0 aromatic carbocycles. The summed E-state index contributed by atoms with van der Waals surface area (Å²) in [5.41, 5.74) is -0.0396. The topological polar surface area (TPSA) is 52.2 Å². The van der Waals surface area contributed by atoms with Crippen LogP contribution in [0.2, 0.25) is 0 Å². The molecule has 0 saturated heterocycles. The Morgan fingerprint density at radius 1 is 1.50 bits per heavy atom. The molecule has 5 nitrogen and oxygen atoms in total. The lowest BCUT2D eigenvalue weighted by molar-refractivity contribution is 0.672. The van der Waals surface area contributed by atoms with E-state index in [0.29, 0.717) is 17.2 Å². The summed E-state index contributed by atoms with van der Waals surface area (Å²) in [4.78, 5) is 20.8. The first-order valence-electron chi connectivity index (χ1n) is 4.95. The number of nitrogens with zero attached hydrogens (tertiary/aromatic N) is 4. The maximum Gasteiger partial charge on any atom is 0.339 e. The van der Waals surface area contributed by atoms with Crippen LogP contribution in [-0.2, 0) is 13.6 Å². The van der Waals surface area contributed by atoms with E-state index in [1.54, 1.807) is 21.8 Å². The summed E-state index contributed by atoms with van der Waals surface area (Å²) in [5, 5.41) is 0. The lowest BCUT2D eigenvalue weighted by Crippen LogP contribution is -2.27. The van der Waals surface area contributed by atoms with Crippen LogP contribution in [0.25, 0.3) is 0 Å². The van der Waals surface area contributed by atoms with Crippen molar-refractivity contribution in [2.45, 2.75) is 13.5 Å². The smallest absolute Gasteiger partial charge is 0.268 e. The third kappa shape index (κ3) is 1.96. The molecule has 0 unspecified atom stereocenters. The minimum absolute atomic E-state index is 0.0396. The zero-order valence-electron chi connectivity index (χ0n) is 9.12. The summed E-state index contributed by atoms with van der Waals surface area (Å²) in [6.07, 6.45) is 1.68. The zero-order chi connectivity index (χ0) is 11.5. The number of hydrogen-bond acceptors (Lipinski definition) is 4. The summed E-state index contributed by atoms with van der Waals surface area (Å²) >= 11 is 1.32. The van der Waals surface area contributed by atoms with Crippen LogP contribution in [-0.4, -0.2) is 13.5 Å². The third-order valence-corrected chi connectivity index (χ3v) is 3.03. The second-order valence-corrected chi connectivity index (χ2v) is 4.29. The molecule has 0 aliphatic carbocycles. The highest BCUT2D eigenvalue weighted by Crippen LogP contribution is 2.03. The van der Waals surface area contributed by atoms with Crippen molar-refractivity contribution in [1.82, 2.24) is 13.5 Å². The lowest BCUT2D eigenvalue weighted by Gasteiger charge is -1.93. The minimum Gasteiger partial charge on any atom is -0.268 e. The van der Waals surface area contributed by atoms with Gasteiger partial charge in [0.05, 0.1) is 0 Å². The Labute approximate surface area is 96.5 Å². The van der Waals surface area contributed by atoms with Gasteiger partial charge in [-0.1, -0.05) is 6.07 Å². The van der Waals surface area contributed by atoms with Gasteiger partial charge in [0.25, 0.3) is 0 Å². The van der Waals surface area contributed by atoms with Crippen molar-refractivity contribution in [3.63, 3.8) is 0 Å². The Bertz CT molecular complexity index is 593. The van der Waals surface area contributed by atoms with E-state index >= 15 is 0 Å². The molecule has 0 aliphatic rings. The molecule has 16 heavy (non-hydrogen) atoms. The number of rotatable bonds is 2. The molecule has 0 atom stereocenters. The van der Waals surface area contributed by atoms with Crippen molar-refractivity contribution in [2.24, 2.45) is 12.0 Å². The number of aryl methyl sites for hydroxylation is 1. The van der Waals surface area contributed by atoms with E-state index in [4.69, 9.17) is 0 Å². The van der Waals surface area contributed by atoms with E-state index in [1.165, 1.54) is 11.5 Å². The fourth-order valence-corrected chi connectivity index (χ4v) is 2.19. The van der Waals surface area contributed by atoms with Crippen LogP contribution in [0.4, 0.5) is 5.82 Å². The monoisotopic (exact) mass is 236 g/mol. The van der Waals surface area contributed by atoms with Crippen molar-refractivity contribution in [1.29, 1.82) is 0 Å². The Balaban J connectivity index is 2.61. The summed E-state index contributed by atoms with van der Waals surface area (Å²) in [7, 11) is 1.73. The van der Waals surface area contributed by atoms with Gasteiger partial charge in [0.1, 0.15) is 0 Å². The van der Waals surface area contributed by atoms with Gasteiger partial charge in [-0.2, -0.15) is 4.99 Å². The van der Waals surface area contributed by atoms with Gasteiger partial charge in [0.2, 0.25) is 4.80 Å². The van der Waals surface area contributed by atoms with Crippen LogP contribution in [0, 0.1) is 0 Å². The highest BCUT2D eigenvalue weighted by atomic mass is 32.1. The van der Waals surface area contributed by atoms with E-state index in [1.807, 2.05) is 25.1 Å². The van der Waals surface area contributed by atoms with Crippen molar-refractivity contribution in [3.05, 3.63) is 39.7 Å². The highest BCUT2D eigenvalue weighted by Gasteiger charge is 2.03. The highest BCUT2D eigenvalue weighted by molar-refractivity contribution is 7.03. The number of aromatic nitrogens is 3. The molecule has 84 valence electrons. The Morgan fingerprint density at radius 3 is 2.94 bits per heavy atom. The van der Waals surface area contributed by atoms with Crippen LogP contribution in [0.5, 0.6) is 0 Å². The molecule has 2 aromatic rings. The van der Waals surface area contributed by atoms with E-state index in [0.717, 1.165) is 0 Å². The summed E-state index contributed by atoms with van der Waals surface area (Å²) in [6, 6.07) is 5.51. The minimum atomic E-state index is -0.0396. The summed E-state index contributed by atoms with van der Waals surface area (Å²) in [5.74, 6) is 0.617. The number of pyridine rings is 1. The maximum atomic E-state index is 11.7. The molecule has 0 bridgehead atoms. The van der Waals surface area contributed by atoms with E-state index < -0.39 is 0 Å². The van der Waals surface area contributed by atoms with Gasteiger partial charge in [0.15, 0.2) is 5.82 Å². The van der Waals surface area contributed by atoms with Gasteiger partial charge in [-0.3, -0.25) is 4.57 Å².